The monoisotopic (exact) mass is 555 g/mol. The maximum Gasteiger partial charge on any atom is 0.264 e. The van der Waals surface area contributed by atoms with Gasteiger partial charge in [0, 0.05) is 5.02 Å². The topological polar surface area (TPSA) is 96.7 Å². The van der Waals surface area contributed by atoms with Crippen LogP contribution in [0.2, 0.25) is 10.2 Å². The number of sulfonamides is 1. The zero-order valence-electron chi connectivity index (χ0n) is 20.0. The summed E-state index contributed by atoms with van der Waals surface area (Å²) in [5.74, 6) is -0.653. The molecule has 0 spiro atoms. The SMILES string of the molecule is Cc1ccc(Cl)cc1N(CC(=O)N/N=C\c1c(Cl)nn(-c2ccccc2)c1C)S(=O)(=O)c1ccccc1. The second kappa shape index (κ2) is 11.2. The summed E-state index contributed by atoms with van der Waals surface area (Å²) in [7, 11) is -4.08. The van der Waals surface area contributed by atoms with E-state index in [2.05, 4.69) is 15.6 Å². The molecule has 0 saturated heterocycles. The van der Waals surface area contributed by atoms with Crippen molar-refractivity contribution < 1.29 is 13.2 Å². The standard InChI is InChI=1S/C26H23Cl2N5O3S/c1-18-13-14-20(27)15-24(18)32(37(35,36)22-11-7-4-8-12-22)17-25(34)30-29-16-23-19(2)33(31-26(23)28)21-9-5-3-6-10-21/h3-16H,17H2,1-2H3,(H,30,34)/b29-16-. The fraction of sp³-hybridized carbons (Fsp3) is 0.115. The molecular weight excluding hydrogens is 533 g/mol. The smallest absolute Gasteiger partial charge is 0.264 e. The molecule has 1 aromatic heterocycles. The Hall–Kier alpha value is -3.66. The number of para-hydroxylation sites is 1. The molecule has 0 unspecified atom stereocenters. The van der Waals surface area contributed by atoms with Gasteiger partial charge in [0.25, 0.3) is 15.9 Å². The molecule has 1 heterocycles. The zero-order valence-corrected chi connectivity index (χ0v) is 22.3. The molecule has 1 amide bonds. The highest BCUT2D eigenvalue weighted by Crippen LogP contribution is 2.29. The molecule has 0 fully saturated rings. The van der Waals surface area contributed by atoms with Gasteiger partial charge in [0.2, 0.25) is 0 Å². The Morgan fingerprint density at radius 3 is 2.35 bits per heavy atom. The lowest BCUT2D eigenvalue weighted by molar-refractivity contribution is -0.119. The van der Waals surface area contributed by atoms with Crippen molar-refractivity contribution >= 4 is 51.0 Å². The summed E-state index contributed by atoms with van der Waals surface area (Å²) in [6, 6.07) is 22.2. The summed E-state index contributed by atoms with van der Waals surface area (Å²) >= 11 is 12.5. The van der Waals surface area contributed by atoms with Gasteiger partial charge in [0.1, 0.15) is 6.54 Å². The third kappa shape index (κ3) is 5.85. The highest BCUT2D eigenvalue weighted by atomic mass is 35.5. The Labute approximate surface area is 225 Å². The van der Waals surface area contributed by atoms with E-state index in [9.17, 15) is 13.2 Å². The predicted molar refractivity (Wildman–Crippen MR) is 146 cm³/mol. The van der Waals surface area contributed by atoms with Crippen LogP contribution in [0.15, 0.2) is 88.9 Å². The van der Waals surface area contributed by atoms with Gasteiger partial charge in [-0.05, 0) is 55.8 Å². The number of benzene rings is 3. The fourth-order valence-electron chi connectivity index (χ4n) is 3.65. The van der Waals surface area contributed by atoms with Gasteiger partial charge in [0.15, 0.2) is 5.15 Å². The van der Waals surface area contributed by atoms with E-state index in [1.807, 2.05) is 37.3 Å². The van der Waals surface area contributed by atoms with Crippen LogP contribution in [0.5, 0.6) is 0 Å². The number of nitrogens with zero attached hydrogens (tertiary/aromatic N) is 4. The molecule has 4 aromatic rings. The highest BCUT2D eigenvalue weighted by molar-refractivity contribution is 7.92. The van der Waals surface area contributed by atoms with Gasteiger partial charge >= 0.3 is 0 Å². The minimum absolute atomic E-state index is 0.0430. The van der Waals surface area contributed by atoms with Crippen molar-refractivity contribution in [2.24, 2.45) is 5.10 Å². The first-order valence-electron chi connectivity index (χ1n) is 11.1. The average molecular weight is 556 g/mol. The summed E-state index contributed by atoms with van der Waals surface area (Å²) in [6.45, 7) is 3.04. The highest BCUT2D eigenvalue weighted by Gasteiger charge is 2.28. The minimum Gasteiger partial charge on any atom is -0.271 e. The summed E-state index contributed by atoms with van der Waals surface area (Å²) in [6.07, 6.45) is 1.38. The van der Waals surface area contributed by atoms with Gasteiger partial charge < -0.3 is 0 Å². The Morgan fingerprint density at radius 2 is 1.68 bits per heavy atom. The number of aromatic nitrogens is 2. The van der Waals surface area contributed by atoms with Crippen LogP contribution in [0.4, 0.5) is 5.69 Å². The quantitative estimate of drug-likeness (QED) is 0.240. The minimum atomic E-state index is -4.08. The summed E-state index contributed by atoms with van der Waals surface area (Å²) in [5.41, 5.74) is 5.38. The lowest BCUT2D eigenvalue weighted by atomic mass is 10.2. The number of aryl methyl sites for hydroxylation is 1. The lowest BCUT2D eigenvalue weighted by Crippen LogP contribution is -2.40. The number of carbonyl (C=O) groups is 1. The largest absolute Gasteiger partial charge is 0.271 e. The van der Waals surface area contributed by atoms with Crippen molar-refractivity contribution in [1.29, 1.82) is 0 Å². The van der Waals surface area contributed by atoms with Gasteiger partial charge in [-0.1, -0.05) is 65.7 Å². The van der Waals surface area contributed by atoms with E-state index in [1.54, 1.807) is 41.9 Å². The lowest BCUT2D eigenvalue weighted by Gasteiger charge is -2.25. The maximum atomic E-state index is 13.5. The number of anilines is 1. The number of carbonyl (C=O) groups excluding carboxylic acids is 1. The fourth-order valence-corrected chi connectivity index (χ4v) is 5.58. The predicted octanol–water partition coefficient (Wildman–Crippen LogP) is 5.14. The molecule has 0 saturated carbocycles. The van der Waals surface area contributed by atoms with E-state index in [-0.39, 0.29) is 10.0 Å². The second-order valence-corrected chi connectivity index (χ2v) is 10.7. The van der Waals surface area contributed by atoms with Crippen LogP contribution in [0.1, 0.15) is 16.8 Å². The van der Waals surface area contributed by atoms with Gasteiger partial charge in [0.05, 0.1) is 33.7 Å². The number of hydrogen-bond donors (Lipinski definition) is 1. The maximum absolute atomic E-state index is 13.5. The van der Waals surface area contributed by atoms with Crippen LogP contribution >= 0.6 is 23.2 Å². The van der Waals surface area contributed by atoms with Crippen LogP contribution in [0, 0.1) is 13.8 Å². The Kier molecular flexibility index (Phi) is 7.97. The summed E-state index contributed by atoms with van der Waals surface area (Å²) in [5, 5.41) is 8.88. The van der Waals surface area contributed by atoms with E-state index in [0.29, 0.717) is 21.8 Å². The summed E-state index contributed by atoms with van der Waals surface area (Å²) < 4.78 is 29.7. The van der Waals surface area contributed by atoms with E-state index < -0.39 is 22.5 Å². The van der Waals surface area contributed by atoms with Crippen molar-refractivity contribution in [3.8, 4) is 5.69 Å². The molecule has 4 rings (SSSR count). The van der Waals surface area contributed by atoms with Crippen LogP contribution < -0.4 is 9.73 Å². The van der Waals surface area contributed by atoms with Crippen LogP contribution in [0.25, 0.3) is 5.69 Å². The van der Waals surface area contributed by atoms with Gasteiger partial charge in [-0.25, -0.2) is 18.5 Å². The molecule has 0 aliphatic carbocycles. The van der Waals surface area contributed by atoms with Gasteiger partial charge in [-0.15, -0.1) is 0 Å². The van der Waals surface area contributed by atoms with E-state index in [1.165, 1.54) is 24.4 Å². The molecule has 190 valence electrons. The van der Waals surface area contributed by atoms with Crippen molar-refractivity contribution in [1.82, 2.24) is 15.2 Å². The number of hydrogen-bond acceptors (Lipinski definition) is 5. The Balaban J connectivity index is 1.58. The van der Waals surface area contributed by atoms with Crippen LogP contribution in [-0.4, -0.2) is 36.9 Å². The molecule has 8 nitrogen and oxygen atoms in total. The third-order valence-electron chi connectivity index (χ3n) is 5.56. The molecule has 37 heavy (non-hydrogen) atoms. The molecule has 0 radical (unpaired) electrons. The number of halogens is 2. The average Bonchev–Trinajstić information content (AvgIpc) is 3.18. The number of rotatable bonds is 8. The van der Waals surface area contributed by atoms with Crippen molar-refractivity contribution in [2.75, 3.05) is 10.8 Å². The van der Waals surface area contributed by atoms with Crippen molar-refractivity contribution in [3.63, 3.8) is 0 Å². The molecule has 0 bridgehead atoms. The molecule has 0 aliphatic rings. The Bertz CT molecular complexity index is 1560. The van der Waals surface area contributed by atoms with Crippen molar-refractivity contribution in [2.45, 2.75) is 18.7 Å². The zero-order chi connectivity index (χ0) is 26.6. The van der Waals surface area contributed by atoms with Gasteiger partial charge in [-0.2, -0.15) is 10.2 Å². The first-order chi connectivity index (χ1) is 17.7. The van der Waals surface area contributed by atoms with Gasteiger partial charge in [-0.3, -0.25) is 9.10 Å². The Morgan fingerprint density at radius 1 is 1.03 bits per heavy atom. The molecular formula is C26H23Cl2N5O3S. The van der Waals surface area contributed by atoms with Crippen LogP contribution in [0.3, 0.4) is 0 Å². The number of amides is 1. The van der Waals surface area contributed by atoms with Crippen LogP contribution in [-0.2, 0) is 14.8 Å². The van der Waals surface area contributed by atoms with E-state index in [0.717, 1.165) is 15.7 Å². The molecule has 0 atom stereocenters. The molecule has 0 aliphatic heterocycles. The number of nitrogens with one attached hydrogen (secondary N) is 1. The van der Waals surface area contributed by atoms with E-state index in [4.69, 9.17) is 23.2 Å². The summed E-state index contributed by atoms with van der Waals surface area (Å²) in [4.78, 5) is 12.9. The molecule has 11 heteroatoms. The first kappa shape index (κ1) is 26.4. The third-order valence-corrected chi connectivity index (χ3v) is 7.85. The molecule has 1 N–H and O–H groups in total. The second-order valence-electron chi connectivity index (χ2n) is 8.09. The first-order valence-corrected chi connectivity index (χ1v) is 13.3. The molecule has 3 aromatic carbocycles. The number of hydrazone groups is 1. The normalized spacial score (nSPS) is 11.6. The van der Waals surface area contributed by atoms with Crippen molar-refractivity contribution in [3.05, 3.63) is 106 Å². The van der Waals surface area contributed by atoms with E-state index >= 15 is 0 Å².